The predicted octanol–water partition coefficient (Wildman–Crippen LogP) is 5.77. The maximum Gasteiger partial charge on any atom is 0.207 e. The zero-order chi connectivity index (χ0) is 21.8. The summed E-state index contributed by atoms with van der Waals surface area (Å²) in [7, 11) is -5.19. The molecule has 0 radical (unpaired) electrons. The van der Waals surface area contributed by atoms with Crippen LogP contribution >= 0.6 is 0 Å². The smallest absolute Gasteiger partial charge is 0.207 e. The Bertz CT molecular complexity index is 1420. The number of pyridine rings is 1. The molecule has 3 aromatic carbocycles. The van der Waals surface area contributed by atoms with Crippen molar-refractivity contribution in [2.24, 2.45) is 0 Å². The second kappa shape index (κ2) is 7.01. The Morgan fingerprint density at radius 1 is 0.677 bits per heavy atom. The molecule has 0 saturated heterocycles. The monoisotopic (exact) mass is 441 g/mol. The number of hydrogen-bond acceptors (Lipinski definition) is 3. The van der Waals surface area contributed by atoms with Crippen LogP contribution in [0.5, 0.6) is 0 Å². The number of hydrogen-bond donors (Lipinski definition) is 0. The van der Waals surface area contributed by atoms with Crippen LogP contribution in [0.2, 0.25) is 19.6 Å². The molecule has 0 saturated carbocycles. The zero-order valence-corrected chi connectivity index (χ0v) is 19.6. The zero-order valence-electron chi connectivity index (χ0n) is 17.8. The average Bonchev–Trinajstić information content (AvgIpc) is 3.00. The second-order valence-electron chi connectivity index (χ2n) is 8.95. The van der Waals surface area contributed by atoms with Crippen LogP contribution in [0.15, 0.2) is 94.9 Å². The third kappa shape index (κ3) is 3.25. The van der Waals surface area contributed by atoms with Crippen molar-refractivity contribution in [2.45, 2.75) is 29.4 Å². The van der Waals surface area contributed by atoms with Gasteiger partial charge in [0.25, 0.3) is 0 Å². The minimum atomic E-state index is -3.46. The molecule has 5 heteroatoms. The molecule has 154 valence electrons. The van der Waals surface area contributed by atoms with Crippen molar-refractivity contribution in [3.63, 3.8) is 0 Å². The van der Waals surface area contributed by atoms with Crippen LogP contribution in [-0.2, 0) is 9.84 Å². The molecule has 0 bridgehead atoms. The van der Waals surface area contributed by atoms with Crippen LogP contribution in [0.3, 0.4) is 0 Å². The fourth-order valence-corrected chi connectivity index (χ4v) is 7.39. The molecule has 0 spiro atoms. The van der Waals surface area contributed by atoms with Gasteiger partial charge in [0.2, 0.25) is 9.84 Å². The number of benzene rings is 3. The highest BCUT2D eigenvalue weighted by molar-refractivity contribution is 7.92. The molecule has 0 amide bonds. The van der Waals surface area contributed by atoms with Crippen LogP contribution in [-0.4, -0.2) is 21.5 Å². The van der Waals surface area contributed by atoms with Crippen LogP contribution in [0.1, 0.15) is 0 Å². The van der Waals surface area contributed by atoms with E-state index in [0.29, 0.717) is 9.79 Å². The number of fused-ring (bicyclic) bond motifs is 3. The maximum atomic E-state index is 12.9. The third-order valence-corrected chi connectivity index (χ3v) is 9.68. The van der Waals surface area contributed by atoms with Gasteiger partial charge in [0.15, 0.2) is 0 Å². The van der Waals surface area contributed by atoms with Gasteiger partial charge in [-0.15, -0.1) is 0 Å². The molecule has 1 aromatic heterocycles. The van der Waals surface area contributed by atoms with Gasteiger partial charge in [-0.25, -0.2) is 8.42 Å². The van der Waals surface area contributed by atoms with E-state index in [0.717, 1.165) is 33.5 Å². The molecule has 1 aliphatic rings. The standard InChI is InChI=1S/C26H23NO2SSi/c1-31(2,3)25-16-20(18-9-5-4-6-10-18)17-27-26(25)19-13-14-24-22(15-19)21-11-7-8-12-23(21)30(24,28)29/h4-17H,1-3H3. The van der Waals surface area contributed by atoms with E-state index in [1.165, 1.54) is 5.19 Å². The summed E-state index contributed by atoms with van der Waals surface area (Å²) >= 11 is 0. The molecular weight excluding hydrogens is 418 g/mol. The molecule has 0 fully saturated rings. The summed E-state index contributed by atoms with van der Waals surface area (Å²) in [5.41, 5.74) is 5.70. The Balaban J connectivity index is 1.71. The van der Waals surface area contributed by atoms with Gasteiger partial charge in [-0.3, -0.25) is 4.98 Å². The normalized spacial score (nSPS) is 14.2. The summed E-state index contributed by atoms with van der Waals surface area (Å²) in [6.45, 7) is 6.94. The Kier molecular flexibility index (Phi) is 4.50. The summed E-state index contributed by atoms with van der Waals surface area (Å²) < 4.78 is 25.9. The lowest BCUT2D eigenvalue weighted by Gasteiger charge is -2.22. The number of aromatic nitrogens is 1. The van der Waals surface area contributed by atoms with Crippen LogP contribution in [0.25, 0.3) is 33.5 Å². The molecule has 0 N–H and O–H groups in total. The summed E-state index contributed by atoms with van der Waals surface area (Å²) in [6, 6.07) is 25.4. The van der Waals surface area contributed by atoms with Crippen LogP contribution in [0, 0.1) is 0 Å². The maximum absolute atomic E-state index is 12.9. The predicted molar refractivity (Wildman–Crippen MR) is 129 cm³/mol. The number of sulfone groups is 1. The number of nitrogens with zero attached hydrogens (tertiary/aromatic N) is 1. The van der Waals surface area contributed by atoms with E-state index < -0.39 is 17.9 Å². The molecule has 31 heavy (non-hydrogen) atoms. The topological polar surface area (TPSA) is 47.0 Å². The minimum Gasteiger partial charge on any atom is -0.256 e. The lowest BCUT2D eigenvalue weighted by molar-refractivity contribution is 0.598. The molecule has 0 atom stereocenters. The summed E-state index contributed by atoms with van der Waals surface area (Å²) in [5, 5.41) is 1.27. The summed E-state index contributed by atoms with van der Waals surface area (Å²) in [5.74, 6) is 0. The highest BCUT2D eigenvalue weighted by Gasteiger charge is 2.33. The van der Waals surface area contributed by atoms with E-state index in [-0.39, 0.29) is 0 Å². The first-order valence-corrected chi connectivity index (χ1v) is 15.3. The van der Waals surface area contributed by atoms with Crippen molar-refractivity contribution in [2.75, 3.05) is 0 Å². The molecule has 0 aliphatic carbocycles. The lowest BCUT2D eigenvalue weighted by Crippen LogP contribution is -2.39. The highest BCUT2D eigenvalue weighted by atomic mass is 32.2. The van der Waals surface area contributed by atoms with E-state index in [2.05, 4.69) is 37.8 Å². The Morgan fingerprint density at radius 2 is 1.35 bits per heavy atom. The summed E-state index contributed by atoms with van der Waals surface area (Å²) in [4.78, 5) is 5.67. The fourth-order valence-electron chi connectivity index (χ4n) is 4.22. The van der Waals surface area contributed by atoms with E-state index in [1.807, 2.05) is 48.7 Å². The first-order valence-electron chi connectivity index (χ1n) is 10.3. The Morgan fingerprint density at radius 3 is 2.10 bits per heavy atom. The first-order chi connectivity index (χ1) is 14.8. The van der Waals surface area contributed by atoms with E-state index >= 15 is 0 Å². The highest BCUT2D eigenvalue weighted by Crippen LogP contribution is 2.44. The molecule has 3 nitrogen and oxygen atoms in total. The van der Waals surface area contributed by atoms with Gasteiger partial charge in [0.1, 0.15) is 0 Å². The van der Waals surface area contributed by atoms with E-state index in [9.17, 15) is 8.42 Å². The molecule has 1 aliphatic heterocycles. The first kappa shape index (κ1) is 19.9. The van der Waals surface area contributed by atoms with Crippen LogP contribution < -0.4 is 5.19 Å². The largest absolute Gasteiger partial charge is 0.256 e. The van der Waals surface area contributed by atoms with Crippen molar-refractivity contribution in [3.05, 3.63) is 85.1 Å². The van der Waals surface area contributed by atoms with Gasteiger partial charge >= 0.3 is 0 Å². The van der Waals surface area contributed by atoms with Gasteiger partial charge in [0, 0.05) is 22.9 Å². The average molecular weight is 442 g/mol. The van der Waals surface area contributed by atoms with Crippen molar-refractivity contribution in [3.8, 4) is 33.5 Å². The van der Waals surface area contributed by atoms with Gasteiger partial charge in [-0.2, -0.15) is 0 Å². The van der Waals surface area contributed by atoms with Crippen molar-refractivity contribution < 1.29 is 8.42 Å². The molecule has 0 unspecified atom stereocenters. The van der Waals surface area contributed by atoms with E-state index in [1.54, 1.807) is 18.2 Å². The third-order valence-electron chi connectivity index (χ3n) is 5.81. The number of rotatable bonds is 3. The van der Waals surface area contributed by atoms with Crippen molar-refractivity contribution in [1.82, 2.24) is 4.98 Å². The molecule has 4 aromatic rings. The molecule has 2 heterocycles. The minimum absolute atomic E-state index is 0.382. The SMILES string of the molecule is C[Si](C)(C)c1cc(-c2ccccc2)cnc1-c1ccc2c(c1)-c1ccccc1S2(=O)=O. The van der Waals surface area contributed by atoms with Gasteiger partial charge in [-0.05, 0) is 34.5 Å². The second-order valence-corrected chi connectivity index (χ2v) is 15.9. The van der Waals surface area contributed by atoms with Gasteiger partial charge < -0.3 is 0 Å². The lowest BCUT2D eigenvalue weighted by atomic mass is 10.0. The van der Waals surface area contributed by atoms with E-state index in [4.69, 9.17) is 4.98 Å². The van der Waals surface area contributed by atoms with Crippen LogP contribution in [0.4, 0.5) is 0 Å². The quantitative estimate of drug-likeness (QED) is 0.334. The van der Waals surface area contributed by atoms with Crippen molar-refractivity contribution >= 4 is 23.1 Å². The Labute approximate surface area is 184 Å². The van der Waals surface area contributed by atoms with Gasteiger partial charge in [0.05, 0.1) is 23.6 Å². The Hall–Kier alpha value is -3.02. The van der Waals surface area contributed by atoms with Gasteiger partial charge in [-0.1, -0.05) is 80.3 Å². The van der Waals surface area contributed by atoms with Crippen molar-refractivity contribution in [1.29, 1.82) is 0 Å². The molecule has 5 rings (SSSR count). The fraction of sp³-hybridized carbons (Fsp3) is 0.115. The summed E-state index contributed by atoms with van der Waals surface area (Å²) in [6.07, 6.45) is 1.92. The molecular formula is C26H23NO2SSi.